The number of anilines is 1. The van der Waals surface area contributed by atoms with Gasteiger partial charge in [-0.15, -0.1) is 0 Å². The standard InChI is InChI=1S/C22H23N3O4/c1-28-19-12-15-10-11-24(14-16(15)13-20(19)29-2)22(27)18-8-9-21(26)25(23-18)17-6-4-3-5-7-17/h3-7,12-13H,8-11,14H2,1-2H3. The van der Waals surface area contributed by atoms with Crippen LogP contribution in [0.25, 0.3) is 0 Å². The van der Waals surface area contributed by atoms with E-state index in [0.29, 0.717) is 42.4 Å². The molecule has 2 aliphatic heterocycles. The number of para-hydroxylation sites is 1. The second-order valence-electron chi connectivity index (χ2n) is 7.04. The minimum Gasteiger partial charge on any atom is -0.493 e. The first kappa shape index (κ1) is 19.0. The molecule has 2 aromatic carbocycles. The predicted molar refractivity (Wildman–Crippen MR) is 109 cm³/mol. The van der Waals surface area contributed by atoms with E-state index < -0.39 is 0 Å². The molecule has 0 aromatic heterocycles. The average molecular weight is 393 g/mol. The van der Waals surface area contributed by atoms with Crippen LogP contribution in [0.3, 0.4) is 0 Å². The summed E-state index contributed by atoms with van der Waals surface area (Å²) in [4.78, 5) is 27.2. The highest BCUT2D eigenvalue weighted by Crippen LogP contribution is 2.33. The summed E-state index contributed by atoms with van der Waals surface area (Å²) < 4.78 is 10.8. The van der Waals surface area contributed by atoms with Crippen molar-refractivity contribution in [2.75, 3.05) is 25.8 Å². The summed E-state index contributed by atoms with van der Waals surface area (Å²) in [6, 6.07) is 13.1. The molecular weight excluding hydrogens is 370 g/mol. The zero-order chi connectivity index (χ0) is 20.4. The fourth-order valence-corrected chi connectivity index (χ4v) is 3.72. The van der Waals surface area contributed by atoms with E-state index in [-0.39, 0.29) is 18.2 Å². The van der Waals surface area contributed by atoms with Crippen LogP contribution in [0.15, 0.2) is 47.6 Å². The maximum atomic E-state index is 13.1. The molecule has 0 atom stereocenters. The Morgan fingerprint density at radius 2 is 1.66 bits per heavy atom. The smallest absolute Gasteiger partial charge is 0.270 e. The summed E-state index contributed by atoms with van der Waals surface area (Å²) in [7, 11) is 3.21. The molecule has 2 heterocycles. The summed E-state index contributed by atoms with van der Waals surface area (Å²) in [6.07, 6.45) is 1.36. The number of hydrazone groups is 1. The van der Waals surface area contributed by atoms with Gasteiger partial charge in [-0.2, -0.15) is 5.10 Å². The number of methoxy groups -OCH3 is 2. The molecule has 7 nitrogen and oxygen atoms in total. The Labute approximate surface area is 169 Å². The lowest BCUT2D eigenvalue weighted by Gasteiger charge is -2.31. The Morgan fingerprint density at radius 3 is 2.34 bits per heavy atom. The first-order chi connectivity index (χ1) is 14.1. The molecule has 7 heteroatoms. The molecule has 0 unspecified atom stereocenters. The topological polar surface area (TPSA) is 71.4 Å². The first-order valence-corrected chi connectivity index (χ1v) is 9.59. The van der Waals surface area contributed by atoms with Gasteiger partial charge >= 0.3 is 0 Å². The van der Waals surface area contributed by atoms with Gasteiger partial charge in [-0.05, 0) is 41.8 Å². The zero-order valence-corrected chi connectivity index (χ0v) is 16.6. The maximum absolute atomic E-state index is 13.1. The van der Waals surface area contributed by atoms with Crippen molar-refractivity contribution in [1.29, 1.82) is 0 Å². The number of ether oxygens (including phenoxy) is 2. The molecule has 0 saturated carbocycles. The molecule has 0 fully saturated rings. The minimum atomic E-state index is -0.126. The first-order valence-electron chi connectivity index (χ1n) is 9.59. The van der Waals surface area contributed by atoms with Gasteiger partial charge in [0.2, 0.25) is 5.91 Å². The van der Waals surface area contributed by atoms with Gasteiger partial charge in [0.1, 0.15) is 5.71 Å². The number of amides is 2. The van der Waals surface area contributed by atoms with E-state index in [2.05, 4.69) is 5.10 Å². The van der Waals surface area contributed by atoms with Crippen molar-refractivity contribution in [1.82, 2.24) is 4.90 Å². The SMILES string of the molecule is COc1cc2c(cc1OC)CN(C(=O)C1=NN(c3ccccc3)C(=O)CC1)CC2. The van der Waals surface area contributed by atoms with Crippen molar-refractivity contribution in [2.45, 2.75) is 25.8 Å². The molecule has 0 radical (unpaired) electrons. The molecule has 0 N–H and O–H groups in total. The average Bonchev–Trinajstić information content (AvgIpc) is 2.78. The summed E-state index contributed by atoms with van der Waals surface area (Å²) in [5, 5.41) is 5.73. The number of fused-ring (bicyclic) bond motifs is 1. The second kappa shape index (κ2) is 7.95. The van der Waals surface area contributed by atoms with Gasteiger partial charge in [-0.25, -0.2) is 5.01 Å². The highest BCUT2D eigenvalue weighted by molar-refractivity contribution is 6.40. The van der Waals surface area contributed by atoms with Gasteiger partial charge in [-0.3, -0.25) is 9.59 Å². The van der Waals surface area contributed by atoms with Crippen molar-refractivity contribution < 1.29 is 19.1 Å². The van der Waals surface area contributed by atoms with E-state index in [1.807, 2.05) is 42.5 Å². The predicted octanol–water partition coefficient (Wildman–Crippen LogP) is 2.77. The largest absolute Gasteiger partial charge is 0.493 e. The molecule has 0 aliphatic carbocycles. The van der Waals surface area contributed by atoms with Gasteiger partial charge in [-0.1, -0.05) is 18.2 Å². The summed E-state index contributed by atoms with van der Waals surface area (Å²) in [5.41, 5.74) is 3.27. The molecule has 2 aromatic rings. The minimum absolute atomic E-state index is 0.103. The van der Waals surface area contributed by atoms with Crippen LogP contribution >= 0.6 is 0 Å². The lowest BCUT2D eigenvalue weighted by Crippen LogP contribution is -2.43. The highest BCUT2D eigenvalue weighted by Gasteiger charge is 2.30. The van der Waals surface area contributed by atoms with Crippen LogP contribution < -0.4 is 14.5 Å². The number of carbonyl (C=O) groups excluding carboxylic acids is 2. The zero-order valence-electron chi connectivity index (χ0n) is 16.6. The van der Waals surface area contributed by atoms with E-state index in [1.165, 1.54) is 5.01 Å². The third-order valence-electron chi connectivity index (χ3n) is 5.29. The molecule has 0 bridgehead atoms. The fraction of sp³-hybridized carbons (Fsp3) is 0.318. The molecular formula is C22H23N3O4. The van der Waals surface area contributed by atoms with Crippen LogP contribution in [0.4, 0.5) is 5.69 Å². The van der Waals surface area contributed by atoms with Crippen LogP contribution in [0.1, 0.15) is 24.0 Å². The number of carbonyl (C=O) groups is 2. The van der Waals surface area contributed by atoms with Crippen molar-refractivity contribution in [3.63, 3.8) is 0 Å². The molecule has 29 heavy (non-hydrogen) atoms. The quantitative estimate of drug-likeness (QED) is 0.801. The second-order valence-corrected chi connectivity index (χ2v) is 7.04. The van der Waals surface area contributed by atoms with E-state index in [9.17, 15) is 9.59 Å². The molecule has 150 valence electrons. The summed E-state index contributed by atoms with van der Waals surface area (Å²) in [6.45, 7) is 1.08. The van der Waals surface area contributed by atoms with Gasteiger partial charge in [0.15, 0.2) is 11.5 Å². The summed E-state index contributed by atoms with van der Waals surface area (Å²) >= 11 is 0. The number of benzene rings is 2. The van der Waals surface area contributed by atoms with Crippen LogP contribution in [-0.2, 0) is 22.6 Å². The van der Waals surface area contributed by atoms with Gasteiger partial charge in [0.25, 0.3) is 5.91 Å². The van der Waals surface area contributed by atoms with E-state index in [1.54, 1.807) is 19.1 Å². The maximum Gasteiger partial charge on any atom is 0.270 e. The van der Waals surface area contributed by atoms with E-state index in [0.717, 1.165) is 17.5 Å². The normalized spacial score (nSPS) is 16.2. The van der Waals surface area contributed by atoms with Gasteiger partial charge < -0.3 is 14.4 Å². The number of hydrogen-bond donors (Lipinski definition) is 0. The molecule has 0 saturated heterocycles. The van der Waals surface area contributed by atoms with Crippen molar-refractivity contribution in [2.24, 2.45) is 5.10 Å². The van der Waals surface area contributed by atoms with Gasteiger partial charge in [0.05, 0.1) is 19.9 Å². The fourth-order valence-electron chi connectivity index (χ4n) is 3.72. The Kier molecular flexibility index (Phi) is 5.20. The molecule has 2 amide bonds. The van der Waals surface area contributed by atoms with E-state index in [4.69, 9.17) is 9.47 Å². The van der Waals surface area contributed by atoms with Crippen LogP contribution in [0.2, 0.25) is 0 Å². The molecule has 2 aliphatic rings. The van der Waals surface area contributed by atoms with Crippen LogP contribution in [-0.4, -0.2) is 43.2 Å². The number of rotatable bonds is 4. The van der Waals surface area contributed by atoms with Crippen LogP contribution in [0.5, 0.6) is 11.5 Å². The summed E-state index contributed by atoms with van der Waals surface area (Å²) in [5.74, 6) is 1.11. The van der Waals surface area contributed by atoms with Crippen molar-refractivity contribution >= 4 is 23.2 Å². The monoisotopic (exact) mass is 393 g/mol. The Balaban J connectivity index is 1.57. The third kappa shape index (κ3) is 3.68. The number of nitrogens with zero attached hydrogens (tertiary/aromatic N) is 3. The highest BCUT2D eigenvalue weighted by atomic mass is 16.5. The Morgan fingerprint density at radius 1 is 0.966 bits per heavy atom. The third-order valence-corrected chi connectivity index (χ3v) is 5.29. The molecule has 0 spiro atoms. The number of hydrogen-bond acceptors (Lipinski definition) is 5. The van der Waals surface area contributed by atoms with Gasteiger partial charge in [0, 0.05) is 25.9 Å². The van der Waals surface area contributed by atoms with Crippen LogP contribution in [0, 0.1) is 0 Å². The Bertz CT molecular complexity index is 972. The Hall–Kier alpha value is -3.35. The van der Waals surface area contributed by atoms with Crippen molar-refractivity contribution in [3.8, 4) is 11.5 Å². The van der Waals surface area contributed by atoms with Crippen molar-refractivity contribution in [3.05, 3.63) is 53.6 Å². The molecule has 4 rings (SSSR count). The van der Waals surface area contributed by atoms with E-state index >= 15 is 0 Å². The lowest BCUT2D eigenvalue weighted by molar-refractivity contribution is -0.125. The lowest BCUT2D eigenvalue weighted by atomic mass is 9.98.